The van der Waals surface area contributed by atoms with Crippen molar-refractivity contribution in [3.05, 3.63) is 0 Å². The van der Waals surface area contributed by atoms with Gasteiger partial charge in [-0.1, -0.05) is 0 Å². The molecule has 0 unspecified atom stereocenters. The summed E-state index contributed by atoms with van der Waals surface area (Å²) in [4.78, 5) is 0. The van der Waals surface area contributed by atoms with Crippen LogP contribution in [-0.2, 0) is 40.8 Å². The van der Waals surface area contributed by atoms with Crippen molar-refractivity contribution in [2.24, 2.45) is 0 Å². The Labute approximate surface area is 207 Å². The molecule has 0 aliphatic rings. The Balaban J connectivity index is 6.30. The quantitative estimate of drug-likeness (QED) is 0.156. The van der Waals surface area contributed by atoms with Gasteiger partial charge in [-0.3, -0.25) is 13.7 Å². The van der Waals surface area contributed by atoms with Crippen LogP contribution in [0.25, 0.3) is 0 Å². The van der Waals surface area contributed by atoms with E-state index in [2.05, 4.69) is 0 Å². The summed E-state index contributed by atoms with van der Waals surface area (Å²) >= 11 is 0. The molecule has 0 aliphatic carbocycles. The van der Waals surface area contributed by atoms with Gasteiger partial charge in [0.2, 0.25) is 0 Å². The van der Waals surface area contributed by atoms with Gasteiger partial charge in [-0.2, -0.15) is 0 Å². The van der Waals surface area contributed by atoms with Crippen LogP contribution in [0.15, 0.2) is 0 Å². The third-order valence-electron chi connectivity index (χ3n) is 3.80. The molecular formula is C22H49O9P3. The Bertz CT molecular complexity index is 640. The van der Waals surface area contributed by atoms with Crippen LogP contribution >= 0.6 is 22.8 Å². The summed E-state index contributed by atoms with van der Waals surface area (Å²) in [7, 11) is -11.4. The molecule has 0 radical (unpaired) electrons. The van der Waals surface area contributed by atoms with Gasteiger partial charge in [0, 0.05) is 0 Å². The van der Waals surface area contributed by atoms with Gasteiger partial charge >= 0.3 is 22.8 Å². The summed E-state index contributed by atoms with van der Waals surface area (Å²) in [5, 5.41) is -1.21. The molecule has 0 saturated heterocycles. The van der Waals surface area contributed by atoms with Crippen LogP contribution in [0.2, 0.25) is 0 Å². The van der Waals surface area contributed by atoms with Crippen molar-refractivity contribution in [3.8, 4) is 0 Å². The monoisotopic (exact) mass is 550 g/mol. The molecule has 0 spiro atoms. The second kappa shape index (κ2) is 15.0. The minimum absolute atomic E-state index is 0.0482. The Morgan fingerprint density at radius 1 is 0.471 bits per heavy atom. The third-order valence-corrected chi connectivity index (χ3v) is 12.7. The summed E-state index contributed by atoms with van der Waals surface area (Å²) in [6, 6.07) is 0. The molecule has 0 amide bonds. The Kier molecular flexibility index (Phi) is 15.2. The van der Waals surface area contributed by atoms with Crippen LogP contribution in [0.1, 0.15) is 95.9 Å². The topological polar surface area (TPSA) is 107 Å². The van der Waals surface area contributed by atoms with Crippen molar-refractivity contribution in [3.63, 3.8) is 0 Å². The highest BCUT2D eigenvalue weighted by Gasteiger charge is 2.52. The largest absolute Gasteiger partial charge is 0.346 e. The fraction of sp³-hybridized carbons (Fsp3) is 1.00. The van der Waals surface area contributed by atoms with Crippen molar-refractivity contribution in [2.45, 2.75) is 138 Å². The van der Waals surface area contributed by atoms with Crippen LogP contribution < -0.4 is 0 Å². The average molecular weight is 551 g/mol. The van der Waals surface area contributed by atoms with E-state index in [0.717, 1.165) is 0 Å². The van der Waals surface area contributed by atoms with Gasteiger partial charge in [0.15, 0.2) is 5.40 Å². The molecule has 12 heteroatoms. The molecule has 0 aliphatic heterocycles. The minimum atomic E-state index is -4.00. The zero-order valence-electron chi connectivity index (χ0n) is 23.2. The first kappa shape index (κ1) is 34.5. The second-order valence-corrected chi connectivity index (χ2v) is 16.7. The van der Waals surface area contributed by atoms with Crippen LogP contribution in [-0.4, -0.2) is 48.2 Å². The molecule has 0 heterocycles. The Morgan fingerprint density at radius 3 is 0.971 bits per heavy atom. The zero-order valence-corrected chi connectivity index (χ0v) is 25.9. The van der Waals surface area contributed by atoms with E-state index >= 15 is 0 Å². The summed E-state index contributed by atoms with van der Waals surface area (Å²) in [6.07, 6.45) is -2.12. The lowest BCUT2D eigenvalue weighted by molar-refractivity contribution is 0.120. The minimum Gasteiger partial charge on any atom is -0.306 e. The molecule has 0 N–H and O–H groups in total. The number of hydrogen-bond donors (Lipinski definition) is 0. The fourth-order valence-corrected chi connectivity index (χ4v) is 11.4. The first-order valence-electron chi connectivity index (χ1n) is 12.2. The molecule has 0 aromatic rings. The normalized spacial score (nSPS) is 14.2. The van der Waals surface area contributed by atoms with Gasteiger partial charge in [0.05, 0.1) is 42.8 Å². The van der Waals surface area contributed by atoms with Crippen LogP contribution in [0.5, 0.6) is 0 Å². The van der Waals surface area contributed by atoms with Crippen molar-refractivity contribution >= 4 is 22.8 Å². The molecular weight excluding hydrogens is 501 g/mol. The molecule has 206 valence electrons. The van der Waals surface area contributed by atoms with Gasteiger partial charge in [0.25, 0.3) is 0 Å². The summed E-state index contributed by atoms with van der Waals surface area (Å²) < 4.78 is 76.1. The Morgan fingerprint density at radius 2 is 0.735 bits per heavy atom. The first-order chi connectivity index (χ1) is 15.3. The van der Waals surface area contributed by atoms with E-state index in [0.29, 0.717) is 0 Å². The summed E-state index contributed by atoms with van der Waals surface area (Å²) in [5.74, 6) is 0. The van der Waals surface area contributed by atoms with E-state index in [1.54, 1.807) is 83.1 Å². The highest BCUT2D eigenvalue weighted by Crippen LogP contribution is 2.73. The van der Waals surface area contributed by atoms with E-state index < -0.39 is 52.6 Å². The first-order valence-corrected chi connectivity index (χ1v) is 17.2. The molecule has 0 aromatic heterocycles. The maximum Gasteiger partial charge on any atom is 0.346 e. The van der Waals surface area contributed by atoms with E-state index in [-0.39, 0.29) is 31.2 Å². The van der Waals surface area contributed by atoms with Crippen molar-refractivity contribution in [1.29, 1.82) is 0 Å². The predicted octanol–water partition coefficient (Wildman–Crippen LogP) is 8.22. The maximum atomic E-state index is 14.1. The highest BCUT2D eigenvalue weighted by molar-refractivity contribution is 7.72. The number of rotatable bonds is 18. The molecule has 0 fully saturated rings. The molecule has 0 aromatic carbocycles. The van der Waals surface area contributed by atoms with Gasteiger partial charge < -0.3 is 27.1 Å². The molecule has 0 bridgehead atoms. The van der Waals surface area contributed by atoms with E-state index in [4.69, 9.17) is 27.1 Å². The predicted molar refractivity (Wildman–Crippen MR) is 138 cm³/mol. The van der Waals surface area contributed by atoms with Gasteiger partial charge in [0.1, 0.15) is 0 Å². The molecule has 9 nitrogen and oxygen atoms in total. The fourth-order valence-electron chi connectivity index (χ4n) is 3.24. The second-order valence-electron chi connectivity index (χ2n) is 9.96. The summed E-state index contributed by atoms with van der Waals surface area (Å²) in [5.41, 5.74) is 0. The maximum absolute atomic E-state index is 14.1. The van der Waals surface area contributed by atoms with E-state index in [1.807, 2.05) is 0 Å². The van der Waals surface area contributed by atoms with Gasteiger partial charge in [-0.25, -0.2) is 0 Å². The number of hydrogen-bond acceptors (Lipinski definition) is 9. The lowest BCUT2D eigenvalue weighted by atomic mass is 10.4. The van der Waals surface area contributed by atoms with Crippen molar-refractivity contribution in [1.82, 2.24) is 0 Å². The average Bonchev–Trinajstić information content (AvgIpc) is 2.53. The molecule has 34 heavy (non-hydrogen) atoms. The molecule has 0 rings (SSSR count). The van der Waals surface area contributed by atoms with Crippen LogP contribution in [0, 0.1) is 0 Å². The van der Waals surface area contributed by atoms with E-state index in [1.165, 1.54) is 0 Å². The van der Waals surface area contributed by atoms with Crippen LogP contribution in [0.3, 0.4) is 0 Å². The third kappa shape index (κ3) is 13.1. The van der Waals surface area contributed by atoms with Gasteiger partial charge in [-0.15, -0.1) is 0 Å². The smallest absolute Gasteiger partial charge is 0.306 e. The van der Waals surface area contributed by atoms with E-state index in [9.17, 15) is 13.7 Å². The highest BCUT2D eigenvalue weighted by atomic mass is 31.2. The zero-order chi connectivity index (χ0) is 26.9. The summed E-state index contributed by atoms with van der Waals surface area (Å²) in [6.45, 7) is 20.9. The SMILES string of the molecule is CC(C)OP(=O)(CCCC(P(=O)(OC(C)C)OC(C)C)P(=O)(OC(C)C)OC(C)C)OC(C)C. The lowest BCUT2D eigenvalue weighted by Crippen LogP contribution is -2.24. The Hall–Kier alpha value is 0.450. The molecule has 0 atom stereocenters. The lowest BCUT2D eigenvalue weighted by Gasteiger charge is -2.35. The molecule has 0 saturated carbocycles. The van der Waals surface area contributed by atoms with Crippen molar-refractivity contribution in [2.75, 3.05) is 6.16 Å². The van der Waals surface area contributed by atoms with Crippen LogP contribution in [0.4, 0.5) is 0 Å². The van der Waals surface area contributed by atoms with Gasteiger partial charge in [-0.05, 0) is 95.9 Å². The standard InChI is InChI=1S/C22H49O9P3/c1-16(2)26-32(23,27-17(3)4)15-13-14-22(33(24,28-18(5)6)29-19(7)8)34(25,30-20(9)10)31-21(11)12/h16-22H,13-15H2,1-12H3. The van der Waals surface area contributed by atoms with Crippen molar-refractivity contribution < 1.29 is 40.8 Å².